The van der Waals surface area contributed by atoms with Gasteiger partial charge in [-0.05, 0) is 30.3 Å². The second-order valence-electron chi connectivity index (χ2n) is 6.47. The first-order chi connectivity index (χ1) is 15.4. The van der Waals surface area contributed by atoms with Crippen molar-refractivity contribution < 1.29 is 14.1 Å². The molecule has 7 nitrogen and oxygen atoms in total. The van der Waals surface area contributed by atoms with Crippen molar-refractivity contribution in [3.8, 4) is 22.6 Å². The second kappa shape index (κ2) is 9.35. The number of furan rings is 1. The number of nitrogens with one attached hydrogen (secondary N) is 1. The Morgan fingerprint density at radius 1 is 1.16 bits per heavy atom. The molecular formula is C22H13Cl2N3O4S. The number of aromatic nitrogens is 1. The summed E-state index contributed by atoms with van der Waals surface area (Å²) in [5.74, 6) is 0.588. The summed E-state index contributed by atoms with van der Waals surface area (Å²) in [6.45, 7) is 0. The summed E-state index contributed by atoms with van der Waals surface area (Å²) in [7, 11) is 0. The Balaban J connectivity index is 1.43. The Labute approximate surface area is 196 Å². The number of rotatable bonds is 6. The van der Waals surface area contributed by atoms with Crippen molar-refractivity contribution in [2.24, 2.45) is 0 Å². The minimum absolute atomic E-state index is 0.0269. The molecule has 2 heterocycles. The van der Waals surface area contributed by atoms with Crippen molar-refractivity contribution in [2.45, 2.75) is 0 Å². The topological polar surface area (TPSA) is 98.3 Å². The van der Waals surface area contributed by atoms with E-state index in [-0.39, 0.29) is 5.69 Å². The smallest absolute Gasteiger partial charge is 0.270 e. The van der Waals surface area contributed by atoms with Crippen LogP contribution < -0.4 is 5.32 Å². The summed E-state index contributed by atoms with van der Waals surface area (Å²) in [6, 6.07) is 14.8. The first-order valence-corrected chi connectivity index (χ1v) is 10.8. The number of thiazole rings is 1. The fraction of sp³-hybridized carbons (Fsp3) is 0. The van der Waals surface area contributed by atoms with E-state index in [2.05, 4.69) is 10.3 Å². The van der Waals surface area contributed by atoms with Gasteiger partial charge < -0.3 is 4.42 Å². The van der Waals surface area contributed by atoms with Crippen LogP contribution in [-0.2, 0) is 4.79 Å². The molecule has 10 heteroatoms. The average molecular weight is 486 g/mol. The zero-order valence-corrected chi connectivity index (χ0v) is 18.4. The molecule has 0 bridgehead atoms. The quantitative estimate of drug-likeness (QED) is 0.181. The molecule has 1 amide bonds. The molecule has 32 heavy (non-hydrogen) atoms. The molecule has 0 aliphatic heterocycles. The van der Waals surface area contributed by atoms with E-state index in [0.29, 0.717) is 43.5 Å². The van der Waals surface area contributed by atoms with Gasteiger partial charge in [-0.2, -0.15) is 0 Å². The van der Waals surface area contributed by atoms with E-state index in [1.165, 1.54) is 35.6 Å². The average Bonchev–Trinajstić information content (AvgIpc) is 3.44. The van der Waals surface area contributed by atoms with Gasteiger partial charge in [0.15, 0.2) is 5.13 Å². The van der Waals surface area contributed by atoms with Crippen molar-refractivity contribution in [3.05, 3.63) is 92.0 Å². The number of anilines is 1. The normalized spacial score (nSPS) is 11.1. The summed E-state index contributed by atoms with van der Waals surface area (Å²) in [6.07, 6.45) is 2.84. The van der Waals surface area contributed by atoms with Gasteiger partial charge in [-0.3, -0.25) is 20.2 Å². The largest absolute Gasteiger partial charge is 0.457 e. The van der Waals surface area contributed by atoms with E-state index in [9.17, 15) is 14.9 Å². The number of carbonyl (C=O) groups excluding carboxylic acids is 1. The Hall–Kier alpha value is -3.46. The molecular weight excluding hydrogens is 473 g/mol. The molecule has 0 saturated heterocycles. The number of hydrogen-bond acceptors (Lipinski definition) is 6. The molecule has 0 spiro atoms. The van der Waals surface area contributed by atoms with Crippen LogP contribution in [0, 0.1) is 10.1 Å². The standard InChI is InChI=1S/C22H13Cl2N3O4S/c23-17-6-2-5-16(21(17)24)19-9-7-15(31-19)8-10-20(28)26-22-25-18(12-32-22)13-3-1-4-14(11-13)27(29)30/h1-12H,(H,25,26,28)/b10-8+. The highest BCUT2D eigenvalue weighted by Crippen LogP contribution is 2.34. The molecule has 0 saturated carbocycles. The highest BCUT2D eigenvalue weighted by atomic mass is 35.5. The maximum Gasteiger partial charge on any atom is 0.270 e. The van der Waals surface area contributed by atoms with Crippen LogP contribution in [0.4, 0.5) is 10.8 Å². The van der Waals surface area contributed by atoms with E-state index in [1.807, 2.05) is 0 Å². The first-order valence-electron chi connectivity index (χ1n) is 9.14. The SMILES string of the molecule is O=C(/C=C/c1ccc(-c2cccc(Cl)c2Cl)o1)Nc1nc(-c2cccc([N+](=O)[O-])c2)cs1. The number of nitrogens with zero attached hydrogens (tertiary/aromatic N) is 2. The number of nitro groups is 1. The third kappa shape index (κ3) is 4.88. The zero-order chi connectivity index (χ0) is 22.7. The van der Waals surface area contributed by atoms with Crippen molar-refractivity contribution in [3.63, 3.8) is 0 Å². The summed E-state index contributed by atoms with van der Waals surface area (Å²) < 4.78 is 5.72. The Kier molecular flexibility index (Phi) is 6.36. The Morgan fingerprint density at radius 3 is 2.78 bits per heavy atom. The van der Waals surface area contributed by atoms with Gasteiger partial charge in [-0.25, -0.2) is 4.98 Å². The van der Waals surface area contributed by atoms with E-state index in [0.717, 1.165) is 0 Å². The molecule has 4 aromatic rings. The van der Waals surface area contributed by atoms with Gasteiger partial charge in [0.05, 0.1) is 20.7 Å². The number of amides is 1. The van der Waals surface area contributed by atoms with Crippen LogP contribution in [0.25, 0.3) is 28.7 Å². The minimum Gasteiger partial charge on any atom is -0.457 e. The molecule has 0 radical (unpaired) electrons. The van der Waals surface area contributed by atoms with Crippen LogP contribution in [0.15, 0.2) is 70.5 Å². The third-order valence-corrected chi connectivity index (χ3v) is 5.91. The van der Waals surface area contributed by atoms with Crippen molar-refractivity contribution in [2.75, 3.05) is 5.32 Å². The lowest BCUT2D eigenvalue weighted by Crippen LogP contribution is -2.07. The molecule has 160 valence electrons. The number of carbonyl (C=O) groups is 1. The molecule has 0 unspecified atom stereocenters. The fourth-order valence-electron chi connectivity index (χ4n) is 2.83. The van der Waals surface area contributed by atoms with Gasteiger partial charge in [0.1, 0.15) is 11.5 Å². The highest BCUT2D eigenvalue weighted by Gasteiger charge is 2.12. The lowest BCUT2D eigenvalue weighted by molar-refractivity contribution is -0.384. The fourth-order valence-corrected chi connectivity index (χ4v) is 3.94. The van der Waals surface area contributed by atoms with E-state index < -0.39 is 10.8 Å². The predicted octanol–water partition coefficient (Wildman–Crippen LogP) is 6.94. The number of non-ortho nitro benzene ring substituents is 1. The predicted molar refractivity (Wildman–Crippen MR) is 126 cm³/mol. The number of benzene rings is 2. The summed E-state index contributed by atoms with van der Waals surface area (Å²) in [4.78, 5) is 27.0. The molecule has 2 aromatic carbocycles. The molecule has 0 aliphatic carbocycles. The van der Waals surface area contributed by atoms with E-state index in [1.54, 1.807) is 47.8 Å². The molecule has 0 fully saturated rings. The van der Waals surface area contributed by atoms with Crippen LogP contribution >= 0.6 is 34.5 Å². The Morgan fingerprint density at radius 2 is 1.97 bits per heavy atom. The third-order valence-electron chi connectivity index (χ3n) is 4.33. The molecule has 0 aliphatic rings. The first kappa shape index (κ1) is 21.8. The van der Waals surface area contributed by atoms with Crippen LogP contribution in [-0.4, -0.2) is 15.8 Å². The van der Waals surface area contributed by atoms with Crippen molar-refractivity contribution in [1.82, 2.24) is 4.98 Å². The number of halogens is 2. The van der Waals surface area contributed by atoms with Gasteiger partial charge in [0.2, 0.25) is 5.91 Å². The van der Waals surface area contributed by atoms with E-state index in [4.69, 9.17) is 27.6 Å². The lowest BCUT2D eigenvalue weighted by atomic mass is 10.1. The lowest BCUT2D eigenvalue weighted by Gasteiger charge is -2.01. The van der Waals surface area contributed by atoms with Gasteiger partial charge >= 0.3 is 0 Å². The molecule has 0 atom stereocenters. The molecule has 2 aromatic heterocycles. The second-order valence-corrected chi connectivity index (χ2v) is 8.11. The van der Waals surface area contributed by atoms with Crippen LogP contribution in [0.3, 0.4) is 0 Å². The maximum atomic E-state index is 12.2. The van der Waals surface area contributed by atoms with Crippen LogP contribution in [0.1, 0.15) is 5.76 Å². The highest BCUT2D eigenvalue weighted by molar-refractivity contribution is 7.14. The summed E-state index contributed by atoms with van der Waals surface area (Å²) in [5.41, 5.74) is 1.75. The number of hydrogen-bond donors (Lipinski definition) is 1. The zero-order valence-electron chi connectivity index (χ0n) is 16.1. The van der Waals surface area contributed by atoms with Crippen molar-refractivity contribution in [1.29, 1.82) is 0 Å². The van der Waals surface area contributed by atoms with Crippen molar-refractivity contribution >= 4 is 57.3 Å². The maximum absolute atomic E-state index is 12.2. The minimum atomic E-state index is -0.469. The monoisotopic (exact) mass is 485 g/mol. The molecule has 1 N–H and O–H groups in total. The molecule has 4 rings (SSSR count). The summed E-state index contributed by atoms with van der Waals surface area (Å²) in [5, 5.41) is 16.5. The van der Waals surface area contributed by atoms with Gasteiger partial charge in [-0.15, -0.1) is 11.3 Å². The van der Waals surface area contributed by atoms with E-state index >= 15 is 0 Å². The van der Waals surface area contributed by atoms with Gasteiger partial charge in [0.25, 0.3) is 5.69 Å². The van der Waals surface area contributed by atoms with Crippen LogP contribution in [0.5, 0.6) is 0 Å². The van der Waals surface area contributed by atoms with Gasteiger partial charge in [0, 0.05) is 34.7 Å². The van der Waals surface area contributed by atoms with Crippen LogP contribution in [0.2, 0.25) is 10.0 Å². The van der Waals surface area contributed by atoms with Gasteiger partial charge in [-0.1, -0.05) is 41.4 Å². The number of nitro benzene ring substituents is 1. The Bertz CT molecular complexity index is 1350. The summed E-state index contributed by atoms with van der Waals surface area (Å²) >= 11 is 13.5.